The number of aliphatic hydroxyl groups is 1. The Hall–Kier alpha value is -1.43. The molecular formula is C15H22N2O3. The van der Waals surface area contributed by atoms with Crippen molar-refractivity contribution in [2.75, 3.05) is 26.3 Å². The van der Waals surface area contributed by atoms with Crippen LogP contribution in [0.15, 0.2) is 30.3 Å². The fourth-order valence-electron chi connectivity index (χ4n) is 2.15. The maximum atomic E-state index is 11.8. The zero-order valence-electron chi connectivity index (χ0n) is 11.8. The summed E-state index contributed by atoms with van der Waals surface area (Å²) in [6.45, 7) is 3.47. The molecule has 1 aromatic carbocycles. The van der Waals surface area contributed by atoms with Gasteiger partial charge in [-0.15, -0.1) is 0 Å². The van der Waals surface area contributed by atoms with Crippen LogP contribution >= 0.6 is 0 Å². The Morgan fingerprint density at radius 2 is 2.15 bits per heavy atom. The summed E-state index contributed by atoms with van der Waals surface area (Å²) in [5.41, 5.74) is 0.855. The molecule has 1 fully saturated rings. The van der Waals surface area contributed by atoms with E-state index in [9.17, 15) is 9.90 Å². The van der Waals surface area contributed by atoms with Crippen LogP contribution in [0.25, 0.3) is 0 Å². The van der Waals surface area contributed by atoms with Gasteiger partial charge in [0, 0.05) is 13.1 Å². The number of rotatable bonds is 7. The Morgan fingerprint density at radius 1 is 1.45 bits per heavy atom. The first-order chi connectivity index (χ1) is 9.61. The van der Waals surface area contributed by atoms with Crippen LogP contribution in [0.2, 0.25) is 0 Å². The Bertz CT molecular complexity index is 432. The molecule has 1 saturated heterocycles. The highest BCUT2D eigenvalue weighted by Crippen LogP contribution is 2.14. The quantitative estimate of drug-likeness (QED) is 0.661. The molecule has 1 aliphatic rings. The van der Waals surface area contributed by atoms with Crippen LogP contribution in [0, 0.1) is 0 Å². The summed E-state index contributed by atoms with van der Waals surface area (Å²) in [5, 5.41) is 15.3. The second-order valence-corrected chi connectivity index (χ2v) is 5.48. The molecule has 1 heterocycles. The van der Waals surface area contributed by atoms with Crippen molar-refractivity contribution in [3.05, 3.63) is 35.9 Å². The molecule has 0 aliphatic carbocycles. The van der Waals surface area contributed by atoms with E-state index in [4.69, 9.17) is 4.74 Å². The van der Waals surface area contributed by atoms with E-state index in [-0.39, 0.29) is 30.8 Å². The smallest absolute Gasteiger partial charge is 0.246 e. The molecule has 0 bridgehead atoms. The number of hydrogen-bond acceptors (Lipinski definition) is 4. The highest BCUT2D eigenvalue weighted by Gasteiger charge is 2.33. The van der Waals surface area contributed by atoms with Gasteiger partial charge in [-0.1, -0.05) is 30.3 Å². The molecule has 0 spiro atoms. The van der Waals surface area contributed by atoms with Gasteiger partial charge in [0.15, 0.2) is 0 Å². The van der Waals surface area contributed by atoms with Gasteiger partial charge in [0.25, 0.3) is 0 Å². The van der Waals surface area contributed by atoms with Gasteiger partial charge in [0.1, 0.15) is 6.61 Å². The van der Waals surface area contributed by atoms with Gasteiger partial charge >= 0.3 is 0 Å². The van der Waals surface area contributed by atoms with E-state index in [0.29, 0.717) is 6.42 Å². The maximum Gasteiger partial charge on any atom is 0.246 e. The first-order valence-electron chi connectivity index (χ1n) is 6.90. The summed E-state index contributed by atoms with van der Waals surface area (Å²) in [5.74, 6) is -0.187. The first-order valence-corrected chi connectivity index (χ1v) is 6.90. The van der Waals surface area contributed by atoms with E-state index < -0.39 is 0 Å². The third-order valence-electron chi connectivity index (χ3n) is 3.46. The number of benzene rings is 1. The van der Waals surface area contributed by atoms with E-state index in [1.165, 1.54) is 0 Å². The SMILES string of the molecule is CC1(OCC(=O)N[C@@H](CO)Cc2ccccc2)CNC1. The summed E-state index contributed by atoms with van der Waals surface area (Å²) in [6.07, 6.45) is 0.613. The number of nitrogens with one attached hydrogen (secondary N) is 2. The fourth-order valence-corrected chi connectivity index (χ4v) is 2.15. The van der Waals surface area contributed by atoms with Crippen LogP contribution in [0.4, 0.5) is 0 Å². The van der Waals surface area contributed by atoms with E-state index in [2.05, 4.69) is 10.6 Å². The lowest BCUT2D eigenvalue weighted by Gasteiger charge is -2.38. The van der Waals surface area contributed by atoms with Crippen LogP contribution < -0.4 is 10.6 Å². The molecule has 5 nitrogen and oxygen atoms in total. The topological polar surface area (TPSA) is 70.6 Å². The van der Waals surface area contributed by atoms with Crippen molar-refractivity contribution in [3.8, 4) is 0 Å². The Labute approximate surface area is 119 Å². The minimum atomic E-state index is -0.277. The molecule has 20 heavy (non-hydrogen) atoms. The van der Waals surface area contributed by atoms with E-state index >= 15 is 0 Å². The minimum absolute atomic E-state index is 0.0312. The molecular weight excluding hydrogens is 256 g/mol. The second kappa shape index (κ2) is 6.83. The van der Waals surface area contributed by atoms with Gasteiger partial charge in [0.05, 0.1) is 18.2 Å². The zero-order valence-corrected chi connectivity index (χ0v) is 11.8. The average Bonchev–Trinajstić information content (AvgIpc) is 2.43. The maximum absolute atomic E-state index is 11.8. The number of hydrogen-bond donors (Lipinski definition) is 3. The predicted molar refractivity (Wildman–Crippen MR) is 76.4 cm³/mol. The molecule has 110 valence electrons. The van der Waals surface area contributed by atoms with Crippen LogP contribution in [0.5, 0.6) is 0 Å². The molecule has 2 rings (SSSR count). The number of carbonyl (C=O) groups is 1. The van der Waals surface area contributed by atoms with Gasteiger partial charge in [-0.2, -0.15) is 0 Å². The lowest BCUT2D eigenvalue weighted by atomic mass is 10.0. The van der Waals surface area contributed by atoms with Gasteiger partial charge in [-0.3, -0.25) is 4.79 Å². The molecule has 0 aromatic heterocycles. The lowest BCUT2D eigenvalue weighted by Crippen LogP contribution is -2.59. The summed E-state index contributed by atoms with van der Waals surface area (Å²) in [6, 6.07) is 9.51. The van der Waals surface area contributed by atoms with Crippen molar-refractivity contribution in [2.45, 2.75) is 25.0 Å². The van der Waals surface area contributed by atoms with Crippen molar-refractivity contribution in [2.24, 2.45) is 0 Å². The second-order valence-electron chi connectivity index (χ2n) is 5.48. The van der Waals surface area contributed by atoms with Crippen molar-refractivity contribution < 1.29 is 14.6 Å². The van der Waals surface area contributed by atoms with Crippen LogP contribution in [0.1, 0.15) is 12.5 Å². The first kappa shape index (κ1) is 15.0. The molecule has 1 amide bonds. The molecule has 0 radical (unpaired) electrons. The molecule has 1 aromatic rings. The van der Waals surface area contributed by atoms with Crippen LogP contribution in [0.3, 0.4) is 0 Å². The molecule has 0 unspecified atom stereocenters. The van der Waals surface area contributed by atoms with E-state index in [1.807, 2.05) is 37.3 Å². The Morgan fingerprint density at radius 3 is 2.70 bits per heavy atom. The Balaban J connectivity index is 1.76. The largest absolute Gasteiger partial charge is 0.394 e. The summed E-state index contributed by atoms with van der Waals surface area (Å²) < 4.78 is 5.57. The van der Waals surface area contributed by atoms with E-state index in [1.54, 1.807) is 0 Å². The monoisotopic (exact) mass is 278 g/mol. The standard InChI is InChI=1S/C15H22N2O3/c1-15(10-16-11-15)20-9-14(19)17-13(8-18)7-12-5-3-2-4-6-12/h2-6,13,16,18H,7-11H2,1H3,(H,17,19)/t13-/m1/s1. The van der Waals surface area contributed by atoms with Gasteiger partial charge in [0.2, 0.25) is 5.91 Å². The average molecular weight is 278 g/mol. The molecule has 1 atom stereocenters. The fraction of sp³-hybridized carbons (Fsp3) is 0.533. The van der Waals surface area contributed by atoms with Crippen molar-refractivity contribution >= 4 is 5.91 Å². The van der Waals surface area contributed by atoms with Crippen molar-refractivity contribution in [1.82, 2.24) is 10.6 Å². The highest BCUT2D eigenvalue weighted by atomic mass is 16.5. The number of aliphatic hydroxyl groups excluding tert-OH is 1. The van der Waals surface area contributed by atoms with Gasteiger partial charge in [-0.05, 0) is 18.9 Å². The third kappa shape index (κ3) is 4.30. The normalized spacial score (nSPS) is 18.1. The van der Waals surface area contributed by atoms with Gasteiger partial charge < -0.3 is 20.5 Å². The van der Waals surface area contributed by atoms with Crippen LogP contribution in [-0.4, -0.2) is 49.0 Å². The lowest BCUT2D eigenvalue weighted by molar-refractivity contribution is -0.136. The van der Waals surface area contributed by atoms with Crippen LogP contribution in [-0.2, 0) is 16.0 Å². The number of ether oxygens (including phenoxy) is 1. The molecule has 3 N–H and O–H groups in total. The zero-order chi connectivity index (χ0) is 14.4. The summed E-state index contributed by atoms with van der Waals surface area (Å²) in [7, 11) is 0. The van der Waals surface area contributed by atoms with Crippen molar-refractivity contribution in [3.63, 3.8) is 0 Å². The number of amides is 1. The van der Waals surface area contributed by atoms with E-state index in [0.717, 1.165) is 18.7 Å². The minimum Gasteiger partial charge on any atom is -0.394 e. The molecule has 5 heteroatoms. The van der Waals surface area contributed by atoms with Gasteiger partial charge in [-0.25, -0.2) is 0 Å². The predicted octanol–water partition coefficient (Wildman–Crippen LogP) is 0.0847. The summed E-state index contributed by atoms with van der Waals surface area (Å²) >= 11 is 0. The molecule has 0 saturated carbocycles. The highest BCUT2D eigenvalue weighted by molar-refractivity contribution is 5.77. The summed E-state index contributed by atoms with van der Waals surface area (Å²) in [4.78, 5) is 11.8. The number of carbonyl (C=O) groups excluding carboxylic acids is 1. The molecule has 1 aliphatic heterocycles. The van der Waals surface area contributed by atoms with Crippen molar-refractivity contribution in [1.29, 1.82) is 0 Å². The third-order valence-corrected chi connectivity index (χ3v) is 3.46. The Kier molecular flexibility index (Phi) is 5.11.